The molecule has 2 nitrogen and oxygen atoms in total. The van der Waals surface area contributed by atoms with Crippen molar-refractivity contribution in [2.45, 2.75) is 18.9 Å². The summed E-state index contributed by atoms with van der Waals surface area (Å²) in [6.07, 6.45) is 0.810. The average Bonchev–Trinajstić information content (AvgIpc) is 2.88. The van der Waals surface area contributed by atoms with E-state index in [2.05, 4.69) is 5.32 Å². The van der Waals surface area contributed by atoms with Gasteiger partial charge in [0.15, 0.2) is 5.78 Å². The van der Waals surface area contributed by atoms with Crippen LogP contribution in [0.25, 0.3) is 0 Å². The van der Waals surface area contributed by atoms with Crippen LogP contribution in [-0.4, -0.2) is 11.8 Å². The van der Waals surface area contributed by atoms with E-state index in [-0.39, 0.29) is 23.3 Å². The molecule has 1 unspecified atom stereocenters. The number of halogens is 2. The molecule has 0 radical (unpaired) electrons. The number of fused-ring (bicyclic) bond motifs is 1. The highest BCUT2D eigenvalue weighted by Gasteiger charge is 2.26. The minimum Gasteiger partial charge on any atom is -0.375 e. The Hall–Kier alpha value is -1.87. The van der Waals surface area contributed by atoms with Crippen LogP contribution in [0.5, 0.6) is 0 Å². The molecule has 4 heteroatoms. The normalized spacial score (nSPS) is 16.6. The number of nitrogens with one attached hydrogen (secondary N) is 1. The van der Waals surface area contributed by atoms with E-state index in [1.54, 1.807) is 12.1 Å². The highest BCUT2D eigenvalue weighted by Crippen LogP contribution is 2.27. The molecule has 0 fully saturated rings. The Bertz CT molecular complexity index is 646. The zero-order valence-electron chi connectivity index (χ0n) is 10.7. The van der Waals surface area contributed by atoms with E-state index in [0.29, 0.717) is 12.0 Å². The van der Waals surface area contributed by atoms with Crippen LogP contribution in [0.15, 0.2) is 42.5 Å². The standard InChI is InChI=1S/C16H13ClFNO/c17-16-11(5-3-6-12(16)18)9-15(20)14-8-10-4-1-2-7-13(10)19-14/h1-7,14,19H,8-9H2. The zero-order chi connectivity index (χ0) is 14.1. The molecule has 2 aromatic rings. The smallest absolute Gasteiger partial charge is 0.159 e. The third-order valence-electron chi connectivity index (χ3n) is 3.56. The van der Waals surface area contributed by atoms with Gasteiger partial charge in [-0.1, -0.05) is 41.9 Å². The van der Waals surface area contributed by atoms with Crippen molar-refractivity contribution in [3.8, 4) is 0 Å². The summed E-state index contributed by atoms with van der Waals surface area (Å²) in [5.74, 6) is -0.465. The number of anilines is 1. The molecule has 1 N–H and O–H groups in total. The summed E-state index contributed by atoms with van der Waals surface area (Å²) >= 11 is 5.89. The lowest BCUT2D eigenvalue weighted by Gasteiger charge is -2.11. The van der Waals surface area contributed by atoms with Crippen molar-refractivity contribution in [3.63, 3.8) is 0 Å². The fourth-order valence-electron chi connectivity index (χ4n) is 2.49. The Morgan fingerprint density at radius 1 is 1.25 bits per heavy atom. The molecule has 0 bridgehead atoms. The van der Waals surface area contributed by atoms with E-state index < -0.39 is 5.82 Å². The van der Waals surface area contributed by atoms with E-state index in [1.807, 2.05) is 24.3 Å². The van der Waals surface area contributed by atoms with Crippen LogP contribution < -0.4 is 5.32 Å². The molecular formula is C16H13ClFNO. The Kier molecular flexibility index (Phi) is 3.45. The van der Waals surface area contributed by atoms with Gasteiger partial charge in [0.2, 0.25) is 0 Å². The molecule has 0 amide bonds. The van der Waals surface area contributed by atoms with E-state index in [0.717, 1.165) is 11.3 Å². The predicted molar refractivity (Wildman–Crippen MR) is 77.7 cm³/mol. The molecule has 1 aliphatic heterocycles. The van der Waals surface area contributed by atoms with E-state index in [9.17, 15) is 9.18 Å². The van der Waals surface area contributed by atoms with E-state index >= 15 is 0 Å². The van der Waals surface area contributed by atoms with Gasteiger partial charge in [-0.25, -0.2) is 4.39 Å². The SMILES string of the molecule is O=C(Cc1cccc(F)c1Cl)C1Cc2ccccc2N1. The summed E-state index contributed by atoms with van der Waals surface area (Å²) in [6.45, 7) is 0. The first-order valence-electron chi connectivity index (χ1n) is 6.45. The second-order valence-electron chi connectivity index (χ2n) is 4.91. The lowest BCUT2D eigenvalue weighted by atomic mass is 10.0. The molecule has 2 aromatic carbocycles. The number of hydrogen-bond acceptors (Lipinski definition) is 2. The maximum atomic E-state index is 13.4. The fraction of sp³-hybridized carbons (Fsp3) is 0.188. The quantitative estimate of drug-likeness (QED) is 0.935. The van der Waals surface area contributed by atoms with Gasteiger partial charge < -0.3 is 5.32 Å². The zero-order valence-corrected chi connectivity index (χ0v) is 11.5. The Morgan fingerprint density at radius 3 is 2.85 bits per heavy atom. The van der Waals surface area contributed by atoms with Crippen LogP contribution in [0.4, 0.5) is 10.1 Å². The van der Waals surface area contributed by atoms with Crippen molar-refractivity contribution in [1.82, 2.24) is 0 Å². The maximum absolute atomic E-state index is 13.4. The topological polar surface area (TPSA) is 29.1 Å². The van der Waals surface area contributed by atoms with Gasteiger partial charge >= 0.3 is 0 Å². The Balaban J connectivity index is 1.74. The number of para-hydroxylation sites is 1. The van der Waals surface area contributed by atoms with Crippen molar-refractivity contribution in [3.05, 3.63) is 64.4 Å². The molecular weight excluding hydrogens is 277 g/mol. The third-order valence-corrected chi connectivity index (χ3v) is 3.98. The first-order chi connectivity index (χ1) is 9.65. The van der Waals surface area contributed by atoms with Gasteiger partial charge in [0.05, 0.1) is 11.1 Å². The molecule has 102 valence electrons. The number of benzene rings is 2. The number of ketones is 1. The van der Waals surface area contributed by atoms with Crippen molar-refractivity contribution in [1.29, 1.82) is 0 Å². The number of carbonyl (C=O) groups excluding carboxylic acids is 1. The minimum atomic E-state index is -0.486. The highest BCUT2D eigenvalue weighted by atomic mass is 35.5. The number of hydrogen-bond donors (Lipinski definition) is 1. The monoisotopic (exact) mass is 289 g/mol. The summed E-state index contributed by atoms with van der Waals surface area (Å²) in [5.41, 5.74) is 2.67. The third kappa shape index (κ3) is 2.41. The van der Waals surface area contributed by atoms with Crippen LogP contribution in [0.1, 0.15) is 11.1 Å². The largest absolute Gasteiger partial charge is 0.375 e. The van der Waals surface area contributed by atoms with Crippen molar-refractivity contribution in [2.75, 3.05) is 5.32 Å². The summed E-state index contributed by atoms with van der Waals surface area (Å²) in [5, 5.41) is 3.24. The van der Waals surface area contributed by atoms with Crippen LogP contribution in [0.3, 0.4) is 0 Å². The van der Waals surface area contributed by atoms with E-state index in [4.69, 9.17) is 11.6 Å². The van der Waals surface area contributed by atoms with Crippen molar-refractivity contribution < 1.29 is 9.18 Å². The highest BCUT2D eigenvalue weighted by molar-refractivity contribution is 6.31. The van der Waals surface area contributed by atoms with Crippen molar-refractivity contribution in [2.24, 2.45) is 0 Å². The molecule has 1 heterocycles. The second kappa shape index (κ2) is 5.25. The molecule has 3 rings (SSSR count). The molecule has 1 atom stereocenters. The van der Waals surface area contributed by atoms with Crippen LogP contribution >= 0.6 is 11.6 Å². The molecule has 0 saturated carbocycles. The molecule has 20 heavy (non-hydrogen) atoms. The van der Waals surface area contributed by atoms with Crippen LogP contribution in [0.2, 0.25) is 5.02 Å². The minimum absolute atomic E-state index is 0.0219. The van der Waals surface area contributed by atoms with Gasteiger partial charge in [-0.05, 0) is 23.3 Å². The van der Waals surface area contributed by atoms with Gasteiger partial charge in [0.25, 0.3) is 0 Å². The van der Waals surface area contributed by atoms with Gasteiger partial charge in [0.1, 0.15) is 5.82 Å². The average molecular weight is 290 g/mol. The van der Waals surface area contributed by atoms with Gasteiger partial charge in [-0.15, -0.1) is 0 Å². The molecule has 0 saturated heterocycles. The molecule has 0 aromatic heterocycles. The van der Waals surface area contributed by atoms with Crippen LogP contribution in [-0.2, 0) is 17.6 Å². The maximum Gasteiger partial charge on any atom is 0.159 e. The number of carbonyl (C=O) groups is 1. The summed E-state index contributed by atoms with van der Waals surface area (Å²) in [7, 11) is 0. The van der Waals surface area contributed by atoms with Gasteiger partial charge in [0, 0.05) is 18.5 Å². The predicted octanol–water partition coefficient (Wildman–Crippen LogP) is 3.63. The van der Waals surface area contributed by atoms with Crippen molar-refractivity contribution >= 4 is 23.1 Å². The number of Topliss-reactive ketones (excluding diaryl/α,β-unsaturated/α-hetero) is 1. The lowest BCUT2D eigenvalue weighted by molar-refractivity contribution is -0.119. The Labute approximate surface area is 121 Å². The molecule has 0 aliphatic carbocycles. The summed E-state index contributed by atoms with van der Waals surface area (Å²) in [6, 6.07) is 12.1. The van der Waals surface area contributed by atoms with Crippen LogP contribution in [0, 0.1) is 5.82 Å². The van der Waals surface area contributed by atoms with Gasteiger partial charge in [-0.2, -0.15) is 0 Å². The van der Waals surface area contributed by atoms with E-state index in [1.165, 1.54) is 6.07 Å². The second-order valence-corrected chi connectivity index (χ2v) is 5.29. The fourth-order valence-corrected chi connectivity index (χ4v) is 2.68. The Morgan fingerprint density at radius 2 is 2.05 bits per heavy atom. The van der Waals surface area contributed by atoms with Gasteiger partial charge in [-0.3, -0.25) is 4.79 Å². The summed E-state index contributed by atoms with van der Waals surface area (Å²) < 4.78 is 13.4. The summed E-state index contributed by atoms with van der Waals surface area (Å²) in [4.78, 5) is 12.3. The number of rotatable bonds is 3. The lowest BCUT2D eigenvalue weighted by Crippen LogP contribution is -2.28. The first kappa shape index (κ1) is 13.1. The molecule has 0 spiro atoms. The molecule has 1 aliphatic rings. The first-order valence-corrected chi connectivity index (χ1v) is 6.83.